The highest BCUT2D eigenvalue weighted by Crippen LogP contribution is 2.23. The predicted molar refractivity (Wildman–Crippen MR) is 56.3 cm³/mol. The first-order chi connectivity index (χ1) is 6.65. The second-order valence-electron chi connectivity index (χ2n) is 3.42. The van der Waals surface area contributed by atoms with Gasteiger partial charge in [-0.05, 0) is 25.0 Å². The fraction of sp³-hybridized carbons (Fsp3) is 0.455. The van der Waals surface area contributed by atoms with Crippen molar-refractivity contribution in [2.24, 2.45) is 5.73 Å². The van der Waals surface area contributed by atoms with Gasteiger partial charge in [0.1, 0.15) is 5.75 Å². The molecule has 0 radical (unpaired) electrons. The Bertz CT molecular complexity index is 297. The highest BCUT2D eigenvalue weighted by Gasteiger charge is 2.06. The van der Waals surface area contributed by atoms with E-state index >= 15 is 0 Å². The van der Waals surface area contributed by atoms with Gasteiger partial charge in [-0.25, -0.2) is 0 Å². The van der Waals surface area contributed by atoms with Gasteiger partial charge in [-0.3, -0.25) is 0 Å². The molecule has 0 amide bonds. The van der Waals surface area contributed by atoms with Crippen molar-refractivity contribution in [3.8, 4) is 5.75 Å². The van der Waals surface area contributed by atoms with E-state index in [4.69, 9.17) is 10.5 Å². The molecule has 78 valence electrons. The number of hydrogen-bond acceptors (Lipinski definition) is 3. The Morgan fingerprint density at radius 1 is 1.50 bits per heavy atom. The van der Waals surface area contributed by atoms with Gasteiger partial charge in [0.05, 0.1) is 6.61 Å². The van der Waals surface area contributed by atoms with Crippen LogP contribution in [0.1, 0.15) is 24.1 Å². The van der Waals surface area contributed by atoms with Crippen LogP contribution in [-0.2, 0) is 11.2 Å². The molecule has 3 heteroatoms. The molecule has 3 nitrogen and oxygen atoms in total. The summed E-state index contributed by atoms with van der Waals surface area (Å²) >= 11 is 0. The number of benzene rings is 1. The maximum Gasteiger partial charge on any atom is 0.120 e. The quantitative estimate of drug-likeness (QED) is 0.767. The molecular formula is C11H17NO2. The van der Waals surface area contributed by atoms with Crippen molar-refractivity contribution < 1.29 is 9.84 Å². The van der Waals surface area contributed by atoms with Crippen LogP contribution in [0.5, 0.6) is 5.75 Å². The maximum atomic E-state index is 9.52. The van der Waals surface area contributed by atoms with Gasteiger partial charge in [0.2, 0.25) is 0 Å². The molecule has 0 aliphatic carbocycles. The van der Waals surface area contributed by atoms with Gasteiger partial charge in [0, 0.05) is 18.7 Å². The lowest BCUT2D eigenvalue weighted by Crippen LogP contribution is -2.06. The minimum Gasteiger partial charge on any atom is -0.508 e. The first-order valence-corrected chi connectivity index (χ1v) is 4.71. The van der Waals surface area contributed by atoms with E-state index in [0.29, 0.717) is 6.61 Å². The lowest BCUT2D eigenvalue weighted by atomic mass is 10.0. The highest BCUT2D eigenvalue weighted by molar-refractivity contribution is 5.38. The number of aromatic hydroxyl groups is 1. The van der Waals surface area contributed by atoms with Crippen LogP contribution in [0.3, 0.4) is 0 Å². The van der Waals surface area contributed by atoms with E-state index in [9.17, 15) is 5.11 Å². The molecule has 0 spiro atoms. The minimum atomic E-state index is -0.141. The van der Waals surface area contributed by atoms with Crippen molar-refractivity contribution in [2.45, 2.75) is 19.4 Å². The molecule has 1 atom stereocenters. The van der Waals surface area contributed by atoms with E-state index < -0.39 is 0 Å². The zero-order valence-electron chi connectivity index (χ0n) is 8.66. The topological polar surface area (TPSA) is 55.5 Å². The van der Waals surface area contributed by atoms with Crippen LogP contribution < -0.4 is 5.73 Å². The molecule has 0 saturated heterocycles. The Hall–Kier alpha value is -1.06. The molecule has 0 saturated carbocycles. The Balaban J connectivity index is 2.83. The third kappa shape index (κ3) is 2.72. The molecule has 0 bridgehead atoms. The van der Waals surface area contributed by atoms with E-state index in [1.165, 1.54) is 0 Å². The Morgan fingerprint density at radius 2 is 2.21 bits per heavy atom. The van der Waals surface area contributed by atoms with Gasteiger partial charge in [-0.2, -0.15) is 0 Å². The van der Waals surface area contributed by atoms with Crippen LogP contribution in [-0.4, -0.2) is 18.8 Å². The molecule has 0 aliphatic rings. The van der Waals surface area contributed by atoms with Gasteiger partial charge in [0.25, 0.3) is 0 Å². The predicted octanol–water partition coefficient (Wildman–Crippen LogP) is 1.60. The van der Waals surface area contributed by atoms with Crippen LogP contribution in [0.2, 0.25) is 0 Å². The molecule has 1 aromatic carbocycles. The van der Waals surface area contributed by atoms with Crippen molar-refractivity contribution in [1.82, 2.24) is 0 Å². The van der Waals surface area contributed by atoms with E-state index in [1.807, 2.05) is 19.1 Å². The first kappa shape index (κ1) is 11.0. The standard InChI is InChI=1S/C11H17NO2/c1-8(12)10-7-9(5-6-14-2)3-4-11(10)13/h3-4,7-8,13H,5-6,12H2,1-2H3. The van der Waals surface area contributed by atoms with Crippen molar-refractivity contribution in [2.75, 3.05) is 13.7 Å². The van der Waals surface area contributed by atoms with Gasteiger partial charge >= 0.3 is 0 Å². The summed E-state index contributed by atoms with van der Waals surface area (Å²) in [5.74, 6) is 0.265. The smallest absolute Gasteiger partial charge is 0.120 e. The number of hydrogen-bond donors (Lipinski definition) is 2. The summed E-state index contributed by atoms with van der Waals surface area (Å²) in [4.78, 5) is 0. The molecule has 0 aliphatic heterocycles. The summed E-state index contributed by atoms with van der Waals surface area (Å²) in [6.07, 6.45) is 0.844. The summed E-state index contributed by atoms with van der Waals surface area (Å²) in [6, 6.07) is 5.36. The summed E-state index contributed by atoms with van der Waals surface area (Å²) < 4.78 is 4.98. The van der Waals surface area contributed by atoms with Gasteiger partial charge in [-0.1, -0.05) is 12.1 Å². The Kier molecular flexibility index (Phi) is 3.92. The monoisotopic (exact) mass is 195 g/mol. The molecular weight excluding hydrogens is 178 g/mol. The second kappa shape index (κ2) is 4.98. The molecule has 1 unspecified atom stereocenters. The van der Waals surface area contributed by atoms with E-state index in [2.05, 4.69) is 0 Å². The maximum absolute atomic E-state index is 9.52. The number of ether oxygens (including phenoxy) is 1. The first-order valence-electron chi connectivity index (χ1n) is 4.71. The molecule has 14 heavy (non-hydrogen) atoms. The van der Waals surface area contributed by atoms with Crippen molar-refractivity contribution in [3.05, 3.63) is 29.3 Å². The summed E-state index contributed by atoms with van der Waals surface area (Å²) in [6.45, 7) is 2.54. The molecule has 0 aromatic heterocycles. The van der Waals surface area contributed by atoms with Crippen molar-refractivity contribution in [1.29, 1.82) is 0 Å². The van der Waals surface area contributed by atoms with E-state index in [1.54, 1.807) is 13.2 Å². The van der Waals surface area contributed by atoms with Crippen LogP contribution in [0.15, 0.2) is 18.2 Å². The van der Waals surface area contributed by atoms with Gasteiger partial charge in [0.15, 0.2) is 0 Å². The average Bonchev–Trinajstić information content (AvgIpc) is 2.16. The molecule has 0 fully saturated rings. The average molecular weight is 195 g/mol. The van der Waals surface area contributed by atoms with Gasteiger partial charge < -0.3 is 15.6 Å². The Labute approximate surface area is 84.5 Å². The zero-order valence-corrected chi connectivity index (χ0v) is 8.66. The Morgan fingerprint density at radius 3 is 2.79 bits per heavy atom. The summed E-state index contributed by atoms with van der Waals surface area (Å²) in [5.41, 5.74) is 7.65. The fourth-order valence-corrected chi connectivity index (χ4v) is 1.34. The fourth-order valence-electron chi connectivity index (χ4n) is 1.34. The summed E-state index contributed by atoms with van der Waals surface area (Å²) in [5, 5.41) is 9.52. The zero-order chi connectivity index (χ0) is 10.6. The second-order valence-corrected chi connectivity index (χ2v) is 3.42. The third-order valence-electron chi connectivity index (χ3n) is 2.18. The molecule has 1 rings (SSSR count). The lowest BCUT2D eigenvalue weighted by Gasteiger charge is -2.10. The highest BCUT2D eigenvalue weighted by atomic mass is 16.5. The van der Waals surface area contributed by atoms with Crippen molar-refractivity contribution >= 4 is 0 Å². The summed E-state index contributed by atoms with van der Waals surface area (Å²) in [7, 11) is 1.67. The van der Waals surface area contributed by atoms with Crippen LogP contribution in [0.25, 0.3) is 0 Å². The van der Waals surface area contributed by atoms with E-state index in [0.717, 1.165) is 17.5 Å². The number of methoxy groups -OCH3 is 1. The minimum absolute atomic E-state index is 0.141. The number of nitrogens with two attached hydrogens (primary N) is 1. The van der Waals surface area contributed by atoms with E-state index in [-0.39, 0.29) is 11.8 Å². The third-order valence-corrected chi connectivity index (χ3v) is 2.18. The van der Waals surface area contributed by atoms with Gasteiger partial charge in [-0.15, -0.1) is 0 Å². The molecule has 0 heterocycles. The molecule has 3 N–H and O–H groups in total. The SMILES string of the molecule is COCCc1ccc(O)c(C(C)N)c1. The molecule has 1 aromatic rings. The number of phenols is 1. The number of phenolic OH excluding ortho intramolecular Hbond substituents is 1. The van der Waals surface area contributed by atoms with Crippen LogP contribution >= 0.6 is 0 Å². The lowest BCUT2D eigenvalue weighted by molar-refractivity contribution is 0.202. The number of rotatable bonds is 4. The van der Waals surface area contributed by atoms with Crippen LogP contribution in [0, 0.1) is 0 Å². The largest absolute Gasteiger partial charge is 0.508 e. The van der Waals surface area contributed by atoms with Crippen molar-refractivity contribution in [3.63, 3.8) is 0 Å². The van der Waals surface area contributed by atoms with Crippen LogP contribution in [0.4, 0.5) is 0 Å². The normalized spacial score (nSPS) is 12.8.